The highest BCUT2D eigenvalue weighted by molar-refractivity contribution is 6.34. The maximum absolute atomic E-state index is 12.6. The van der Waals surface area contributed by atoms with Crippen LogP contribution in [-0.4, -0.2) is 72.3 Å². The molecule has 0 aromatic heterocycles. The van der Waals surface area contributed by atoms with Gasteiger partial charge in [-0.05, 0) is 38.0 Å². The van der Waals surface area contributed by atoms with Crippen molar-refractivity contribution in [1.29, 1.82) is 0 Å². The normalized spacial score (nSPS) is 16.5. The van der Waals surface area contributed by atoms with E-state index in [0.717, 1.165) is 0 Å². The van der Waals surface area contributed by atoms with Gasteiger partial charge in [0.25, 0.3) is 5.91 Å². The molecule has 3 N–H and O–H groups in total. The first-order valence-electron chi connectivity index (χ1n) is 9.85. The Morgan fingerprint density at radius 1 is 1.29 bits per heavy atom. The van der Waals surface area contributed by atoms with Crippen molar-refractivity contribution in [3.8, 4) is 5.75 Å². The molecule has 1 aromatic rings. The molecule has 170 valence electrons. The van der Waals surface area contributed by atoms with Crippen LogP contribution in [0, 0.1) is 0 Å². The fraction of sp³-hybridized carbons (Fsp3) is 0.500. The quantitative estimate of drug-likeness (QED) is 0.370. The zero-order valence-electron chi connectivity index (χ0n) is 17.4. The Morgan fingerprint density at radius 3 is 2.68 bits per heavy atom. The van der Waals surface area contributed by atoms with E-state index in [4.69, 9.17) is 21.1 Å². The SMILES string of the molecule is CCO[C@@H](CNC(=O)[C@@H]1CCCN1C(=O)CNC(=O)c1ccc(O)cc1Cl)OC(C)=O. The van der Waals surface area contributed by atoms with Gasteiger partial charge >= 0.3 is 5.97 Å². The molecule has 1 fully saturated rings. The number of ether oxygens (including phenoxy) is 2. The van der Waals surface area contributed by atoms with Crippen LogP contribution in [0.3, 0.4) is 0 Å². The van der Waals surface area contributed by atoms with Crippen LogP contribution in [0.4, 0.5) is 0 Å². The number of esters is 1. The van der Waals surface area contributed by atoms with Crippen LogP contribution in [0.5, 0.6) is 5.75 Å². The molecule has 0 radical (unpaired) electrons. The first-order chi connectivity index (χ1) is 14.7. The minimum absolute atomic E-state index is 0.0408. The summed E-state index contributed by atoms with van der Waals surface area (Å²) in [4.78, 5) is 49.9. The molecule has 0 spiro atoms. The number of halogens is 1. The molecule has 1 saturated heterocycles. The Labute approximate surface area is 184 Å². The van der Waals surface area contributed by atoms with E-state index in [1.807, 2.05) is 0 Å². The van der Waals surface area contributed by atoms with Gasteiger partial charge in [0.05, 0.1) is 23.7 Å². The fourth-order valence-electron chi connectivity index (χ4n) is 3.19. The second kappa shape index (κ2) is 11.5. The van der Waals surface area contributed by atoms with Crippen molar-refractivity contribution in [2.24, 2.45) is 0 Å². The minimum Gasteiger partial charge on any atom is -0.508 e. The number of phenols is 1. The van der Waals surface area contributed by atoms with E-state index in [2.05, 4.69) is 10.6 Å². The molecule has 1 heterocycles. The monoisotopic (exact) mass is 455 g/mol. The van der Waals surface area contributed by atoms with Gasteiger partial charge in [0.1, 0.15) is 11.8 Å². The van der Waals surface area contributed by atoms with Crippen molar-refractivity contribution in [2.75, 3.05) is 26.2 Å². The number of amides is 3. The van der Waals surface area contributed by atoms with Gasteiger partial charge in [-0.15, -0.1) is 0 Å². The van der Waals surface area contributed by atoms with Crippen LogP contribution in [0.2, 0.25) is 5.02 Å². The summed E-state index contributed by atoms with van der Waals surface area (Å²) >= 11 is 5.94. The molecule has 1 aliphatic heterocycles. The Kier molecular flexibility index (Phi) is 9.07. The van der Waals surface area contributed by atoms with Gasteiger partial charge < -0.3 is 30.1 Å². The van der Waals surface area contributed by atoms with Crippen LogP contribution in [0.15, 0.2) is 18.2 Å². The van der Waals surface area contributed by atoms with E-state index in [1.165, 1.54) is 30.0 Å². The Morgan fingerprint density at radius 2 is 2.03 bits per heavy atom. The van der Waals surface area contributed by atoms with E-state index in [9.17, 15) is 24.3 Å². The predicted molar refractivity (Wildman–Crippen MR) is 110 cm³/mol. The van der Waals surface area contributed by atoms with Gasteiger partial charge in [0.15, 0.2) is 0 Å². The van der Waals surface area contributed by atoms with Crippen LogP contribution in [-0.2, 0) is 23.9 Å². The van der Waals surface area contributed by atoms with Gasteiger partial charge in [-0.2, -0.15) is 0 Å². The Balaban J connectivity index is 1.89. The second-order valence-electron chi connectivity index (χ2n) is 6.83. The molecule has 0 unspecified atom stereocenters. The minimum atomic E-state index is -0.911. The molecule has 2 atom stereocenters. The number of nitrogens with zero attached hydrogens (tertiary/aromatic N) is 1. The molecule has 3 amide bonds. The molecule has 1 aromatic carbocycles. The van der Waals surface area contributed by atoms with Crippen molar-refractivity contribution < 1.29 is 33.8 Å². The summed E-state index contributed by atoms with van der Waals surface area (Å²) in [6.45, 7) is 3.30. The van der Waals surface area contributed by atoms with Gasteiger partial charge in [-0.25, -0.2) is 0 Å². The third-order valence-corrected chi connectivity index (χ3v) is 4.88. The summed E-state index contributed by atoms with van der Waals surface area (Å²) in [5.41, 5.74) is 0.121. The Hall–Kier alpha value is -2.85. The number of nitrogens with one attached hydrogen (secondary N) is 2. The molecule has 0 saturated carbocycles. The highest BCUT2D eigenvalue weighted by atomic mass is 35.5. The Bertz CT molecular complexity index is 833. The second-order valence-corrected chi connectivity index (χ2v) is 7.24. The molecule has 1 aliphatic rings. The smallest absolute Gasteiger partial charge is 0.305 e. The van der Waals surface area contributed by atoms with Crippen molar-refractivity contribution >= 4 is 35.3 Å². The number of aromatic hydroxyl groups is 1. The number of rotatable bonds is 9. The zero-order chi connectivity index (χ0) is 23.0. The molecule has 0 aliphatic carbocycles. The van der Waals surface area contributed by atoms with Gasteiger partial charge in [0.2, 0.25) is 18.1 Å². The fourth-order valence-corrected chi connectivity index (χ4v) is 3.45. The van der Waals surface area contributed by atoms with Crippen molar-refractivity contribution in [3.63, 3.8) is 0 Å². The van der Waals surface area contributed by atoms with E-state index in [0.29, 0.717) is 26.0 Å². The average molecular weight is 456 g/mol. The third kappa shape index (κ3) is 7.11. The highest BCUT2D eigenvalue weighted by Crippen LogP contribution is 2.21. The summed E-state index contributed by atoms with van der Waals surface area (Å²) in [7, 11) is 0. The summed E-state index contributed by atoms with van der Waals surface area (Å²) in [6.07, 6.45) is 0.203. The summed E-state index contributed by atoms with van der Waals surface area (Å²) in [6, 6.07) is 3.20. The van der Waals surface area contributed by atoms with E-state index < -0.39 is 36.0 Å². The van der Waals surface area contributed by atoms with Crippen molar-refractivity contribution in [1.82, 2.24) is 15.5 Å². The molecular formula is C20H26ClN3O7. The van der Waals surface area contributed by atoms with E-state index >= 15 is 0 Å². The van der Waals surface area contributed by atoms with Gasteiger partial charge in [-0.3, -0.25) is 19.2 Å². The maximum atomic E-state index is 12.6. The lowest BCUT2D eigenvalue weighted by Crippen LogP contribution is -2.50. The maximum Gasteiger partial charge on any atom is 0.305 e. The van der Waals surface area contributed by atoms with Crippen LogP contribution < -0.4 is 10.6 Å². The predicted octanol–water partition coefficient (Wildman–Crippen LogP) is 0.808. The summed E-state index contributed by atoms with van der Waals surface area (Å²) in [5, 5.41) is 14.5. The topological polar surface area (TPSA) is 134 Å². The molecular weight excluding hydrogens is 430 g/mol. The molecule has 11 heteroatoms. The lowest BCUT2D eigenvalue weighted by atomic mass is 10.2. The number of benzene rings is 1. The molecule has 2 rings (SSSR count). The van der Waals surface area contributed by atoms with Crippen molar-refractivity contribution in [3.05, 3.63) is 28.8 Å². The number of carbonyl (C=O) groups is 4. The number of phenolic OH excluding ortho intramolecular Hbond substituents is 1. The molecule has 31 heavy (non-hydrogen) atoms. The summed E-state index contributed by atoms with van der Waals surface area (Å²) in [5.74, 6) is -1.99. The number of likely N-dealkylation sites (tertiary alicyclic amines) is 1. The highest BCUT2D eigenvalue weighted by Gasteiger charge is 2.34. The first-order valence-corrected chi connectivity index (χ1v) is 10.2. The number of carbonyl (C=O) groups excluding carboxylic acids is 4. The number of hydrogen-bond acceptors (Lipinski definition) is 7. The number of hydrogen-bond donors (Lipinski definition) is 3. The lowest BCUT2D eigenvalue weighted by Gasteiger charge is -2.25. The standard InChI is InChI=1S/C20H26ClN3O7/c1-3-30-18(31-12(2)25)11-23-20(29)16-5-4-8-24(16)17(27)10-22-19(28)14-7-6-13(26)9-15(14)21/h6-7,9,16,18,26H,3-5,8,10-11H2,1-2H3,(H,22,28)(H,23,29)/t16-,18+/m0/s1. The van der Waals surface area contributed by atoms with Crippen molar-refractivity contribution in [2.45, 2.75) is 39.0 Å². The summed E-state index contributed by atoms with van der Waals surface area (Å²) < 4.78 is 10.2. The van der Waals surface area contributed by atoms with E-state index in [1.54, 1.807) is 6.92 Å². The lowest BCUT2D eigenvalue weighted by molar-refractivity contribution is -0.175. The van der Waals surface area contributed by atoms with Crippen LogP contribution in [0.25, 0.3) is 0 Å². The molecule has 10 nitrogen and oxygen atoms in total. The molecule has 0 bridgehead atoms. The zero-order valence-corrected chi connectivity index (χ0v) is 18.1. The first kappa shape index (κ1) is 24.4. The van der Waals surface area contributed by atoms with Crippen LogP contribution >= 0.6 is 11.6 Å². The van der Waals surface area contributed by atoms with Gasteiger partial charge in [-0.1, -0.05) is 11.6 Å². The average Bonchev–Trinajstić information content (AvgIpc) is 3.19. The largest absolute Gasteiger partial charge is 0.508 e. The van der Waals surface area contributed by atoms with E-state index in [-0.39, 0.29) is 29.4 Å². The third-order valence-electron chi connectivity index (χ3n) is 4.57. The van der Waals surface area contributed by atoms with Crippen LogP contribution in [0.1, 0.15) is 37.0 Å². The van der Waals surface area contributed by atoms with Gasteiger partial charge in [0, 0.05) is 20.1 Å².